The van der Waals surface area contributed by atoms with Crippen LogP contribution in [0.15, 0.2) is 36.4 Å². The van der Waals surface area contributed by atoms with Crippen LogP contribution < -0.4 is 4.90 Å². The maximum Gasteiger partial charge on any atom is 0.150 e. The fourth-order valence-corrected chi connectivity index (χ4v) is 1.99. The van der Waals surface area contributed by atoms with Crippen molar-refractivity contribution in [2.75, 3.05) is 25.6 Å². The molecule has 0 N–H and O–H groups in total. The van der Waals surface area contributed by atoms with Gasteiger partial charge in [0.05, 0.1) is 11.8 Å². The highest BCUT2D eigenvalue weighted by Crippen LogP contribution is 2.22. The van der Waals surface area contributed by atoms with E-state index in [1.54, 1.807) is 0 Å². The van der Waals surface area contributed by atoms with Crippen molar-refractivity contribution in [3.8, 4) is 11.3 Å². The minimum atomic E-state index is 0.122. The first-order valence-corrected chi connectivity index (χ1v) is 6.84. The first kappa shape index (κ1) is 14.5. The molecule has 0 amide bonds. The van der Waals surface area contributed by atoms with E-state index in [0.717, 1.165) is 23.7 Å². The lowest BCUT2D eigenvalue weighted by Gasteiger charge is -2.13. The number of ether oxygens (including phenoxy) is 1. The van der Waals surface area contributed by atoms with Gasteiger partial charge in [0.2, 0.25) is 0 Å². The molecule has 0 radical (unpaired) electrons. The molecule has 0 aliphatic rings. The molecule has 4 nitrogen and oxygen atoms in total. The molecule has 2 rings (SSSR count). The zero-order chi connectivity index (χ0) is 14.5. The second-order valence-electron chi connectivity index (χ2n) is 4.89. The monoisotopic (exact) mass is 271 g/mol. The van der Waals surface area contributed by atoms with Gasteiger partial charge in [0.25, 0.3) is 0 Å². The maximum atomic E-state index is 5.58. The van der Waals surface area contributed by atoms with Crippen molar-refractivity contribution >= 4 is 5.82 Å². The third-order valence-electron chi connectivity index (χ3n) is 3.20. The predicted octanol–water partition coefficient (Wildman–Crippen LogP) is 3.31. The van der Waals surface area contributed by atoms with Crippen LogP contribution in [-0.4, -0.2) is 30.9 Å². The second-order valence-corrected chi connectivity index (χ2v) is 4.89. The van der Waals surface area contributed by atoms with E-state index in [0.29, 0.717) is 0 Å². The Balaban J connectivity index is 2.17. The molecular weight excluding hydrogens is 250 g/mol. The van der Waals surface area contributed by atoms with E-state index in [2.05, 4.69) is 41.4 Å². The van der Waals surface area contributed by atoms with Crippen LogP contribution in [-0.2, 0) is 4.74 Å². The number of rotatable bonds is 5. The van der Waals surface area contributed by atoms with E-state index in [9.17, 15) is 0 Å². The SMILES string of the molecule is CCOC(C)c1ccc(-c2ccc(N(C)C)nn2)cc1. The normalized spacial score (nSPS) is 12.2. The van der Waals surface area contributed by atoms with Crippen LogP contribution in [0.1, 0.15) is 25.5 Å². The molecule has 1 unspecified atom stereocenters. The van der Waals surface area contributed by atoms with Gasteiger partial charge in [0.1, 0.15) is 0 Å². The van der Waals surface area contributed by atoms with E-state index in [-0.39, 0.29) is 6.10 Å². The first-order chi connectivity index (χ1) is 9.61. The molecule has 2 aromatic rings. The van der Waals surface area contributed by atoms with Crippen molar-refractivity contribution in [2.24, 2.45) is 0 Å². The number of nitrogens with zero attached hydrogens (tertiary/aromatic N) is 3. The van der Waals surface area contributed by atoms with Crippen LogP contribution >= 0.6 is 0 Å². The van der Waals surface area contributed by atoms with E-state index >= 15 is 0 Å². The molecule has 0 fully saturated rings. The third-order valence-corrected chi connectivity index (χ3v) is 3.20. The molecule has 1 aromatic heterocycles. The zero-order valence-corrected chi connectivity index (χ0v) is 12.5. The lowest BCUT2D eigenvalue weighted by Crippen LogP contribution is -2.11. The van der Waals surface area contributed by atoms with E-state index in [1.165, 1.54) is 5.56 Å². The van der Waals surface area contributed by atoms with Gasteiger partial charge in [-0.25, -0.2) is 0 Å². The second kappa shape index (κ2) is 6.48. The molecule has 1 heterocycles. The minimum absolute atomic E-state index is 0.122. The Kier molecular flexibility index (Phi) is 4.69. The van der Waals surface area contributed by atoms with E-state index < -0.39 is 0 Å². The van der Waals surface area contributed by atoms with Gasteiger partial charge < -0.3 is 9.64 Å². The molecule has 0 spiro atoms. The van der Waals surface area contributed by atoms with Gasteiger partial charge in [-0.1, -0.05) is 24.3 Å². The van der Waals surface area contributed by atoms with Crippen molar-refractivity contribution in [3.63, 3.8) is 0 Å². The quantitative estimate of drug-likeness (QED) is 0.836. The third kappa shape index (κ3) is 3.33. The van der Waals surface area contributed by atoms with Crippen LogP contribution in [0.4, 0.5) is 5.82 Å². The van der Waals surface area contributed by atoms with E-state index in [4.69, 9.17) is 4.74 Å². The maximum absolute atomic E-state index is 5.58. The predicted molar refractivity (Wildman–Crippen MR) is 81.8 cm³/mol. The number of benzene rings is 1. The summed E-state index contributed by atoms with van der Waals surface area (Å²) in [5.41, 5.74) is 3.12. The Morgan fingerprint density at radius 3 is 2.25 bits per heavy atom. The highest BCUT2D eigenvalue weighted by Gasteiger charge is 2.06. The molecule has 0 aliphatic carbocycles. The number of aromatic nitrogens is 2. The van der Waals surface area contributed by atoms with Gasteiger partial charge in [-0.05, 0) is 31.5 Å². The zero-order valence-electron chi connectivity index (χ0n) is 12.5. The fourth-order valence-electron chi connectivity index (χ4n) is 1.99. The van der Waals surface area contributed by atoms with Crippen molar-refractivity contribution < 1.29 is 4.74 Å². The van der Waals surface area contributed by atoms with Gasteiger partial charge in [-0.2, -0.15) is 0 Å². The molecule has 0 aliphatic heterocycles. The fraction of sp³-hybridized carbons (Fsp3) is 0.375. The Morgan fingerprint density at radius 1 is 1.05 bits per heavy atom. The van der Waals surface area contributed by atoms with Crippen LogP contribution in [0, 0.1) is 0 Å². The summed E-state index contributed by atoms with van der Waals surface area (Å²) in [4.78, 5) is 1.93. The molecular formula is C16H21N3O. The largest absolute Gasteiger partial charge is 0.374 e. The topological polar surface area (TPSA) is 38.2 Å². The van der Waals surface area contributed by atoms with Crippen molar-refractivity contribution in [1.82, 2.24) is 10.2 Å². The number of hydrogen-bond donors (Lipinski definition) is 0. The van der Waals surface area contributed by atoms with Gasteiger partial charge in [-0.3, -0.25) is 0 Å². The lowest BCUT2D eigenvalue weighted by atomic mass is 10.1. The molecule has 106 valence electrons. The summed E-state index contributed by atoms with van der Waals surface area (Å²) >= 11 is 0. The van der Waals surface area contributed by atoms with Crippen LogP contribution in [0.3, 0.4) is 0 Å². The summed E-state index contributed by atoms with van der Waals surface area (Å²) < 4.78 is 5.58. The Hall–Kier alpha value is -1.94. The standard InChI is InChI=1S/C16H21N3O/c1-5-20-12(2)13-6-8-14(9-7-13)15-10-11-16(18-17-15)19(3)4/h6-12H,5H2,1-4H3. The summed E-state index contributed by atoms with van der Waals surface area (Å²) in [6.45, 7) is 4.79. The smallest absolute Gasteiger partial charge is 0.150 e. The van der Waals surface area contributed by atoms with Gasteiger partial charge >= 0.3 is 0 Å². The Morgan fingerprint density at radius 2 is 1.75 bits per heavy atom. The van der Waals surface area contributed by atoms with Crippen LogP contribution in [0.25, 0.3) is 11.3 Å². The Bertz CT molecular complexity index is 535. The number of anilines is 1. The molecule has 0 saturated carbocycles. The first-order valence-electron chi connectivity index (χ1n) is 6.84. The summed E-state index contributed by atoms with van der Waals surface area (Å²) in [7, 11) is 3.90. The molecule has 0 saturated heterocycles. The summed E-state index contributed by atoms with van der Waals surface area (Å²) in [6, 6.07) is 12.2. The van der Waals surface area contributed by atoms with Gasteiger partial charge in [0.15, 0.2) is 5.82 Å². The van der Waals surface area contributed by atoms with Gasteiger partial charge in [0, 0.05) is 26.3 Å². The molecule has 0 bridgehead atoms. The van der Waals surface area contributed by atoms with Crippen molar-refractivity contribution in [1.29, 1.82) is 0 Å². The molecule has 1 atom stereocenters. The summed E-state index contributed by atoms with van der Waals surface area (Å²) in [6.07, 6.45) is 0.122. The van der Waals surface area contributed by atoms with Crippen LogP contribution in [0.2, 0.25) is 0 Å². The summed E-state index contributed by atoms with van der Waals surface area (Å²) in [5, 5.41) is 8.45. The van der Waals surface area contributed by atoms with Crippen LogP contribution in [0.5, 0.6) is 0 Å². The molecule has 20 heavy (non-hydrogen) atoms. The van der Waals surface area contributed by atoms with Gasteiger partial charge in [-0.15, -0.1) is 10.2 Å². The summed E-state index contributed by atoms with van der Waals surface area (Å²) in [5.74, 6) is 0.857. The molecule has 1 aromatic carbocycles. The Labute approximate surface area is 120 Å². The highest BCUT2D eigenvalue weighted by atomic mass is 16.5. The molecule has 4 heteroatoms. The lowest BCUT2D eigenvalue weighted by molar-refractivity contribution is 0.0764. The number of hydrogen-bond acceptors (Lipinski definition) is 4. The minimum Gasteiger partial charge on any atom is -0.374 e. The van der Waals surface area contributed by atoms with Crippen molar-refractivity contribution in [3.05, 3.63) is 42.0 Å². The highest BCUT2D eigenvalue weighted by molar-refractivity contribution is 5.60. The van der Waals surface area contributed by atoms with Crippen molar-refractivity contribution in [2.45, 2.75) is 20.0 Å². The average molecular weight is 271 g/mol. The average Bonchev–Trinajstić information content (AvgIpc) is 2.48. The van der Waals surface area contributed by atoms with E-state index in [1.807, 2.05) is 38.1 Å².